The first-order valence-corrected chi connectivity index (χ1v) is 10.4. The molecular weight excluding hydrogens is 360 g/mol. The maximum atomic E-state index is 12.5. The molecule has 3 rings (SSSR count). The fourth-order valence-electron chi connectivity index (χ4n) is 3.97. The highest BCUT2D eigenvalue weighted by molar-refractivity contribution is 7.09. The number of amides is 1. The summed E-state index contributed by atoms with van der Waals surface area (Å²) in [5.41, 5.74) is 2.42. The highest BCUT2D eigenvalue weighted by atomic mass is 32.1. The molecule has 6 heteroatoms. The number of likely N-dealkylation sites (tertiary alicyclic amines) is 1. The highest BCUT2D eigenvalue weighted by Crippen LogP contribution is 2.22. The molecule has 1 fully saturated rings. The average molecular weight is 389 g/mol. The first-order chi connectivity index (χ1) is 12.8. The van der Waals surface area contributed by atoms with Gasteiger partial charge in [-0.15, -0.1) is 11.3 Å². The first-order valence-electron chi connectivity index (χ1n) is 9.49. The van der Waals surface area contributed by atoms with Crippen LogP contribution in [0.4, 0.5) is 0 Å². The molecule has 0 radical (unpaired) electrons. The molecule has 0 spiro atoms. The minimum atomic E-state index is -0.424. The lowest BCUT2D eigenvalue weighted by atomic mass is 9.92. The van der Waals surface area contributed by atoms with Gasteiger partial charge in [-0.25, -0.2) is 4.79 Å². The van der Waals surface area contributed by atoms with Crippen LogP contribution in [0.1, 0.15) is 46.9 Å². The lowest BCUT2D eigenvalue weighted by Gasteiger charge is -2.34. The lowest BCUT2D eigenvalue weighted by Crippen LogP contribution is -2.44. The number of aromatic nitrogens is 1. The van der Waals surface area contributed by atoms with Crippen LogP contribution in [0.3, 0.4) is 0 Å². The van der Waals surface area contributed by atoms with Crippen LogP contribution in [-0.4, -0.2) is 41.0 Å². The van der Waals surface area contributed by atoms with Crippen molar-refractivity contribution in [1.29, 1.82) is 0 Å². The summed E-state index contributed by atoms with van der Waals surface area (Å²) in [6.07, 6.45) is 1.14. The molecule has 2 aromatic rings. The second-order valence-electron chi connectivity index (χ2n) is 7.77. The summed E-state index contributed by atoms with van der Waals surface area (Å²) in [6, 6.07) is 5.96. The van der Waals surface area contributed by atoms with E-state index in [1.807, 2.05) is 36.3 Å². The standard InChI is InChI=1S/C21H28N2O3S/c1-14-8-15(2)11-22(10-14)20(24)13-26-21(25)19-9-16(3)23(17(19)4)12-18-6-5-7-27-18/h5-7,9,14-15H,8,10-13H2,1-4H3/t14-,15+. The van der Waals surface area contributed by atoms with E-state index in [1.54, 1.807) is 11.3 Å². The summed E-state index contributed by atoms with van der Waals surface area (Å²) in [6.45, 7) is 10.3. The molecule has 146 valence electrons. The quantitative estimate of drug-likeness (QED) is 0.731. The van der Waals surface area contributed by atoms with E-state index < -0.39 is 5.97 Å². The highest BCUT2D eigenvalue weighted by Gasteiger charge is 2.26. The van der Waals surface area contributed by atoms with Gasteiger partial charge < -0.3 is 14.2 Å². The van der Waals surface area contributed by atoms with E-state index in [0.29, 0.717) is 17.4 Å². The summed E-state index contributed by atoms with van der Waals surface area (Å²) >= 11 is 1.70. The van der Waals surface area contributed by atoms with E-state index in [0.717, 1.165) is 37.4 Å². The molecule has 0 aliphatic carbocycles. The molecule has 2 aromatic heterocycles. The van der Waals surface area contributed by atoms with E-state index in [4.69, 9.17) is 4.74 Å². The number of hydrogen-bond donors (Lipinski definition) is 0. The summed E-state index contributed by atoms with van der Waals surface area (Å²) in [7, 11) is 0. The van der Waals surface area contributed by atoms with E-state index in [2.05, 4.69) is 24.5 Å². The van der Waals surface area contributed by atoms with Crippen LogP contribution in [0.2, 0.25) is 0 Å². The van der Waals surface area contributed by atoms with Crippen molar-refractivity contribution in [2.75, 3.05) is 19.7 Å². The molecule has 0 bridgehead atoms. The summed E-state index contributed by atoms with van der Waals surface area (Å²) in [4.78, 5) is 28.0. The van der Waals surface area contributed by atoms with E-state index in [-0.39, 0.29) is 12.5 Å². The van der Waals surface area contributed by atoms with Crippen LogP contribution in [0, 0.1) is 25.7 Å². The number of piperidine rings is 1. The largest absolute Gasteiger partial charge is 0.452 e. The molecular formula is C21H28N2O3S. The predicted octanol–water partition coefficient (Wildman–Crippen LogP) is 3.88. The summed E-state index contributed by atoms with van der Waals surface area (Å²) in [5.74, 6) is 0.454. The van der Waals surface area contributed by atoms with Gasteiger partial charge in [0.05, 0.1) is 12.1 Å². The second kappa shape index (κ2) is 8.30. The molecule has 3 heterocycles. The minimum Gasteiger partial charge on any atom is -0.452 e. The molecule has 1 aliphatic rings. The number of carbonyl (C=O) groups excluding carboxylic acids is 2. The topological polar surface area (TPSA) is 51.5 Å². The fourth-order valence-corrected chi connectivity index (χ4v) is 4.67. The van der Waals surface area contributed by atoms with Crippen LogP contribution >= 0.6 is 11.3 Å². The van der Waals surface area contributed by atoms with Gasteiger partial charge in [0.25, 0.3) is 5.91 Å². The zero-order valence-electron chi connectivity index (χ0n) is 16.5. The van der Waals surface area contributed by atoms with Crippen molar-refractivity contribution >= 4 is 23.2 Å². The predicted molar refractivity (Wildman–Crippen MR) is 107 cm³/mol. The molecule has 0 aromatic carbocycles. The Bertz CT molecular complexity index is 800. The molecule has 5 nitrogen and oxygen atoms in total. The van der Waals surface area contributed by atoms with Crippen molar-refractivity contribution in [1.82, 2.24) is 9.47 Å². The number of carbonyl (C=O) groups is 2. The number of ether oxygens (including phenoxy) is 1. The molecule has 1 saturated heterocycles. The van der Waals surface area contributed by atoms with Crippen molar-refractivity contribution in [3.05, 3.63) is 45.4 Å². The van der Waals surface area contributed by atoms with Crippen LogP contribution in [0.25, 0.3) is 0 Å². The first kappa shape index (κ1) is 19.7. The number of rotatable bonds is 5. The zero-order chi connectivity index (χ0) is 19.6. The van der Waals surface area contributed by atoms with Gasteiger partial charge >= 0.3 is 5.97 Å². The Morgan fingerprint density at radius 1 is 1.22 bits per heavy atom. The van der Waals surface area contributed by atoms with Gasteiger partial charge in [0.2, 0.25) is 0 Å². The second-order valence-corrected chi connectivity index (χ2v) is 8.80. The Morgan fingerprint density at radius 3 is 2.56 bits per heavy atom. The number of aryl methyl sites for hydroxylation is 1. The van der Waals surface area contributed by atoms with Gasteiger partial charge in [0.1, 0.15) is 0 Å². The van der Waals surface area contributed by atoms with Crippen LogP contribution in [-0.2, 0) is 16.1 Å². The fraction of sp³-hybridized carbons (Fsp3) is 0.524. The summed E-state index contributed by atoms with van der Waals surface area (Å²) < 4.78 is 7.47. The molecule has 0 N–H and O–H groups in total. The zero-order valence-corrected chi connectivity index (χ0v) is 17.3. The SMILES string of the molecule is Cc1cc(C(=O)OCC(=O)N2C[C@H](C)C[C@H](C)C2)c(C)n1Cc1cccs1. The summed E-state index contributed by atoms with van der Waals surface area (Å²) in [5, 5.41) is 2.05. The smallest absolute Gasteiger partial charge is 0.340 e. The van der Waals surface area contributed by atoms with E-state index in [9.17, 15) is 9.59 Å². The Labute approximate surface area is 164 Å². The Kier molecular flexibility index (Phi) is 6.05. The number of nitrogens with zero attached hydrogens (tertiary/aromatic N) is 2. The normalized spacial score (nSPS) is 19.9. The number of esters is 1. The number of hydrogen-bond acceptors (Lipinski definition) is 4. The van der Waals surface area contributed by atoms with Gasteiger partial charge in [-0.3, -0.25) is 4.79 Å². The van der Waals surface area contributed by atoms with Gasteiger partial charge in [0, 0.05) is 29.4 Å². The van der Waals surface area contributed by atoms with Crippen LogP contribution in [0.5, 0.6) is 0 Å². The van der Waals surface area contributed by atoms with Gasteiger partial charge in [-0.2, -0.15) is 0 Å². The number of thiophene rings is 1. The Hall–Kier alpha value is -2.08. The molecule has 27 heavy (non-hydrogen) atoms. The van der Waals surface area contributed by atoms with E-state index in [1.165, 1.54) is 4.88 Å². The lowest BCUT2D eigenvalue weighted by molar-refractivity contribution is -0.137. The molecule has 0 unspecified atom stereocenters. The maximum absolute atomic E-state index is 12.5. The Balaban J connectivity index is 1.62. The monoisotopic (exact) mass is 388 g/mol. The van der Waals surface area contributed by atoms with Crippen molar-refractivity contribution in [2.24, 2.45) is 11.8 Å². The van der Waals surface area contributed by atoms with Crippen molar-refractivity contribution in [3.8, 4) is 0 Å². The van der Waals surface area contributed by atoms with Crippen LogP contribution < -0.4 is 0 Å². The van der Waals surface area contributed by atoms with Crippen molar-refractivity contribution < 1.29 is 14.3 Å². The third kappa shape index (κ3) is 4.61. The third-order valence-corrected chi connectivity index (χ3v) is 6.10. The van der Waals surface area contributed by atoms with Gasteiger partial charge in [-0.05, 0) is 49.6 Å². The van der Waals surface area contributed by atoms with Crippen molar-refractivity contribution in [2.45, 2.75) is 40.7 Å². The maximum Gasteiger partial charge on any atom is 0.340 e. The van der Waals surface area contributed by atoms with Gasteiger partial charge in [-0.1, -0.05) is 19.9 Å². The van der Waals surface area contributed by atoms with Crippen LogP contribution in [0.15, 0.2) is 23.6 Å². The van der Waals surface area contributed by atoms with E-state index >= 15 is 0 Å². The van der Waals surface area contributed by atoms with Crippen molar-refractivity contribution in [3.63, 3.8) is 0 Å². The Morgan fingerprint density at radius 2 is 1.93 bits per heavy atom. The molecule has 0 saturated carbocycles. The third-order valence-electron chi connectivity index (χ3n) is 5.24. The molecule has 1 amide bonds. The van der Waals surface area contributed by atoms with Gasteiger partial charge in [0.15, 0.2) is 6.61 Å². The molecule has 2 atom stereocenters. The minimum absolute atomic E-state index is 0.103. The average Bonchev–Trinajstić information content (AvgIpc) is 3.22. The molecule has 1 aliphatic heterocycles.